The Morgan fingerprint density at radius 1 is 1.57 bits per heavy atom. The van der Waals surface area contributed by atoms with Gasteiger partial charge in [-0.2, -0.15) is 0 Å². The van der Waals surface area contributed by atoms with Gasteiger partial charge in [0.25, 0.3) is 5.91 Å². The highest BCUT2D eigenvalue weighted by atomic mass is 35.5. The molecule has 0 aliphatic heterocycles. The van der Waals surface area contributed by atoms with Crippen molar-refractivity contribution < 1.29 is 9.18 Å². The first-order chi connectivity index (χ1) is 6.65. The lowest BCUT2D eigenvalue weighted by molar-refractivity contribution is 0.0951. The summed E-state index contributed by atoms with van der Waals surface area (Å²) >= 11 is 5.62. The van der Waals surface area contributed by atoms with Crippen LogP contribution in [-0.2, 0) is 0 Å². The summed E-state index contributed by atoms with van der Waals surface area (Å²) in [5.74, 6) is -1.10. The van der Waals surface area contributed by atoms with Crippen LogP contribution in [0.1, 0.15) is 10.4 Å². The van der Waals surface area contributed by atoms with E-state index in [0.29, 0.717) is 18.1 Å². The van der Waals surface area contributed by atoms with Crippen molar-refractivity contribution >= 4 is 17.5 Å². The number of amides is 1. The van der Waals surface area contributed by atoms with Crippen molar-refractivity contribution in [1.29, 1.82) is 0 Å². The van der Waals surface area contributed by atoms with E-state index in [1.165, 1.54) is 12.1 Å². The first kappa shape index (κ1) is 10.9. The van der Waals surface area contributed by atoms with Crippen LogP contribution in [0, 0.1) is 5.82 Å². The molecule has 1 rings (SSSR count). The third kappa shape index (κ3) is 2.68. The molecule has 14 heavy (non-hydrogen) atoms. The van der Waals surface area contributed by atoms with Gasteiger partial charge < -0.3 is 11.1 Å². The van der Waals surface area contributed by atoms with Crippen molar-refractivity contribution in [2.24, 2.45) is 5.73 Å². The van der Waals surface area contributed by atoms with E-state index in [4.69, 9.17) is 17.3 Å². The molecule has 0 radical (unpaired) electrons. The number of carbonyl (C=O) groups excluding carboxylic acids is 1. The van der Waals surface area contributed by atoms with Crippen molar-refractivity contribution in [2.75, 3.05) is 13.1 Å². The Hall–Kier alpha value is -1.13. The van der Waals surface area contributed by atoms with Crippen molar-refractivity contribution in [3.05, 3.63) is 34.6 Å². The van der Waals surface area contributed by atoms with Crippen LogP contribution < -0.4 is 11.1 Å². The Bertz CT molecular complexity index is 344. The Morgan fingerprint density at radius 3 is 2.93 bits per heavy atom. The SMILES string of the molecule is NCCNC(=O)c1cc(Cl)ccc1F. The second kappa shape index (κ2) is 4.93. The van der Waals surface area contributed by atoms with Gasteiger partial charge in [-0.3, -0.25) is 4.79 Å². The summed E-state index contributed by atoms with van der Waals surface area (Å²) in [6, 6.07) is 3.82. The molecule has 0 bridgehead atoms. The molecule has 1 aromatic rings. The first-order valence-electron chi connectivity index (χ1n) is 4.08. The van der Waals surface area contributed by atoms with E-state index in [9.17, 15) is 9.18 Å². The third-order valence-corrected chi connectivity index (χ3v) is 1.84. The first-order valence-corrected chi connectivity index (χ1v) is 4.46. The van der Waals surface area contributed by atoms with Crippen LogP contribution in [0.25, 0.3) is 0 Å². The number of nitrogens with two attached hydrogens (primary N) is 1. The van der Waals surface area contributed by atoms with E-state index in [0.717, 1.165) is 6.07 Å². The largest absolute Gasteiger partial charge is 0.351 e. The predicted molar refractivity (Wildman–Crippen MR) is 52.8 cm³/mol. The summed E-state index contributed by atoms with van der Waals surface area (Å²) in [6.07, 6.45) is 0. The summed E-state index contributed by atoms with van der Waals surface area (Å²) in [5, 5.41) is 2.78. The normalized spacial score (nSPS) is 9.93. The third-order valence-electron chi connectivity index (χ3n) is 1.60. The van der Waals surface area contributed by atoms with E-state index in [1.807, 2.05) is 0 Å². The quantitative estimate of drug-likeness (QED) is 0.797. The fraction of sp³-hybridized carbons (Fsp3) is 0.222. The summed E-state index contributed by atoms with van der Waals surface area (Å²) in [5.41, 5.74) is 5.12. The number of hydrogen-bond acceptors (Lipinski definition) is 2. The maximum absolute atomic E-state index is 13.1. The molecule has 0 spiro atoms. The minimum absolute atomic E-state index is 0.0639. The number of benzene rings is 1. The lowest BCUT2D eigenvalue weighted by atomic mass is 10.2. The molecule has 0 heterocycles. The Morgan fingerprint density at radius 2 is 2.29 bits per heavy atom. The molecule has 0 aliphatic carbocycles. The zero-order valence-corrected chi connectivity index (χ0v) is 8.14. The van der Waals surface area contributed by atoms with Crippen molar-refractivity contribution in [1.82, 2.24) is 5.32 Å². The molecule has 0 atom stereocenters. The minimum atomic E-state index is -0.594. The van der Waals surface area contributed by atoms with E-state index < -0.39 is 11.7 Å². The van der Waals surface area contributed by atoms with Crippen molar-refractivity contribution in [3.8, 4) is 0 Å². The highest BCUT2D eigenvalue weighted by Crippen LogP contribution is 2.14. The highest BCUT2D eigenvalue weighted by Gasteiger charge is 2.10. The van der Waals surface area contributed by atoms with Crippen LogP contribution in [0.4, 0.5) is 4.39 Å². The van der Waals surface area contributed by atoms with Gasteiger partial charge in [0, 0.05) is 18.1 Å². The average molecular weight is 217 g/mol. The summed E-state index contributed by atoms with van der Waals surface area (Å²) < 4.78 is 13.1. The molecule has 0 aromatic heterocycles. The lowest BCUT2D eigenvalue weighted by Crippen LogP contribution is -2.29. The molecule has 1 amide bonds. The molecule has 76 valence electrons. The van der Waals surface area contributed by atoms with Gasteiger partial charge in [0.2, 0.25) is 0 Å². The van der Waals surface area contributed by atoms with Gasteiger partial charge in [0.05, 0.1) is 5.56 Å². The van der Waals surface area contributed by atoms with Gasteiger partial charge in [-0.25, -0.2) is 4.39 Å². The average Bonchev–Trinajstić information content (AvgIpc) is 2.18. The Labute approximate surface area is 86.0 Å². The van der Waals surface area contributed by atoms with Crippen molar-refractivity contribution in [3.63, 3.8) is 0 Å². The number of rotatable bonds is 3. The monoisotopic (exact) mass is 216 g/mol. The smallest absolute Gasteiger partial charge is 0.254 e. The van der Waals surface area contributed by atoms with E-state index in [2.05, 4.69) is 5.32 Å². The number of carbonyl (C=O) groups is 1. The topological polar surface area (TPSA) is 55.1 Å². The molecule has 5 heteroatoms. The van der Waals surface area contributed by atoms with E-state index in [-0.39, 0.29) is 5.56 Å². The van der Waals surface area contributed by atoms with Crippen LogP contribution >= 0.6 is 11.6 Å². The predicted octanol–water partition coefficient (Wildman–Crippen LogP) is 1.17. The molecule has 1 aromatic carbocycles. The standard InChI is InChI=1S/C9H10ClFN2O/c10-6-1-2-8(11)7(5-6)9(14)13-4-3-12/h1-2,5H,3-4,12H2,(H,13,14). The molecule has 0 saturated heterocycles. The lowest BCUT2D eigenvalue weighted by Gasteiger charge is -2.04. The second-order valence-electron chi connectivity index (χ2n) is 2.67. The molecule has 3 nitrogen and oxygen atoms in total. The van der Waals surface area contributed by atoms with Crippen LogP contribution in [0.3, 0.4) is 0 Å². The van der Waals surface area contributed by atoms with Crippen LogP contribution in [-0.4, -0.2) is 19.0 Å². The second-order valence-corrected chi connectivity index (χ2v) is 3.11. The summed E-state index contributed by atoms with van der Waals surface area (Å²) in [4.78, 5) is 11.3. The molecule has 0 unspecified atom stereocenters. The fourth-order valence-electron chi connectivity index (χ4n) is 0.952. The fourth-order valence-corrected chi connectivity index (χ4v) is 1.12. The number of hydrogen-bond donors (Lipinski definition) is 2. The van der Waals surface area contributed by atoms with E-state index >= 15 is 0 Å². The number of halogens is 2. The molecule has 0 fully saturated rings. The van der Waals surface area contributed by atoms with Crippen LogP contribution in [0.2, 0.25) is 5.02 Å². The molecule has 0 aliphatic rings. The zero-order valence-electron chi connectivity index (χ0n) is 7.39. The highest BCUT2D eigenvalue weighted by molar-refractivity contribution is 6.30. The van der Waals surface area contributed by atoms with Gasteiger partial charge in [0.15, 0.2) is 0 Å². The van der Waals surface area contributed by atoms with E-state index in [1.54, 1.807) is 0 Å². The van der Waals surface area contributed by atoms with Gasteiger partial charge >= 0.3 is 0 Å². The van der Waals surface area contributed by atoms with Gasteiger partial charge in [-0.1, -0.05) is 11.6 Å². The van der Waals surface area contributed by atoms with Gasteiger partial charge in [0.1, 0.15) is 5.82 Å². The summed E-state index contributed by atoms with van der Waals surface area (Å²) in [7, 11) is 0. The van der Waals surface area contributed by atoms with Crippen LogP contribution in [0.5, 0.6) is 0 Å². The molecular formula is C9H10ClFN2O. The van der Waals surface area contributed by atoms with Crippen molar-refractivity contribution in [2.45, 2.75) is 0 Å². The van der Waals surface area contributed by atoms with Gasteiger partial charge in [-0.05, 0) is 18.2 Å². The van der Waals surface area contributed by atoms with Gasteiger partial charge in [-0.15, -0.1) is 0 Å². The van der Waals surface area contributed by atoms with Crippen LogP contribution in [0.15, 0.2) is 18.2 Å². The zero-order chi connectivity index (χ0) is 10.6. The maximum Gasteiger partial charge on any atom is 0.254 e. The molecule has 3 N–H and O–H groups in total. The summed E-state index contributed by atoms with van der Waals surface area (Å²) in [6.45, 7) is 0.624. The molecular weight excluding hydrogens is 207 g/mol. The number of nitrogens with one attached hydrogen (secondary N) is 1. The Kier molecular flexibility index (Phi) is 3.85. The minimum Gasteiger partial charge on any atom is -0.351 e. The Balaban J connectivity index is 2.83. The molecule has 0 saturated carbocycles. The maximum atomic E-state index is 13.1.